The Bertz CT molecular complexity index is 456. The zero-order valence-electron chi connectivity index (χ0n) is 12.1. The molecule has 0 aliphatic heterocycles. The molecule has 0 spiro atoms. The molecule has 1 aliphatic rings. The van der Waals surface area contributed by atoms with Gasteiger partial charge in [-0.2, -0.15) is 0 Å². The van der Waals surface area contributed by atoms with Crippen LogP contribution in [0, 0.1) is 0 Å². The van der Waals surface area contributed by atoms with E-state index >= 15 is 0 Å². The molecule has 1 amide bonds. The van der Waals surface area contributed by atoms with E-state index < -0.39 is 0 Å². The number of hydrogen-bond donors (Lipinski definition) is 2. The standard InChI is InChI=1S/C15H22N2O3/c1-19-12-7-8-13(14(9-12)20-2)17-15(18)10-16-11-5-3-4-6-11/h7-9,11,16H,3-6,10H2,1-2H3,(H,17,18). The summed E-state index contributed by atoms with van der Waals surface area (Å²) < 4.78 is 10.4. The zero-order chi connectivity index (χ0) is 14.4. The molecule has 5 heteroatoms. The van der Waals surface area contributed by atoms with Crippen LogP contribution in [0.5, 0.6) is 11.5 Å². The van der Waals surface area contributed by atoms with Gasteiger partial charge in [-0.25, -0.2) is 0 Å². The van der Waals surface area contributed by atoms with Crippen molar-refractivity contribution in [1.82, 2.24) is 5.32 Å². The number of nitrogens with one attached hydrogen (secondary N) is 2. The second kappa shape index (κ2) is 7.14. The Hall–Kier alpha value is -1.75. The smallest absolute Gasteiger partial charge is 0.238 e. The molecule has 1 saturated carbocycles. The molecule has 20 heavy (non-hydrogen) atoms. The van der Waals surface area contributed by atoms with E-state index in [9.17, 15) is 4.79 Å². The highest BCUT2D eigenvalue weighted by atomic mass is 16.5. The van der Waals surface area contributed by atoms with E-state index in [4.69, 9.17) is 9.47 Å². The fourth-order valence-electron chi connectivity index (χ4n) is 2.46. The Kier molecular flexibility index (Phi) is 5.24. The summed E-state index contributed by atoms with van der Waals surface area (Å²) in [6.45, 7) is 0.333. The van der Waals surface area contributed by atoms with Crippen molar-refractivity contribution in [2.45, 2.75) is 31.7 Å². The fraction of sp³-hybridized carbons (Fsp3) is 0.533. The number of amides is 1. The third kappa shape index (κ3) is 3.87. The van der Waals surface area contributed by atoms with Crippen LogP contribution in [0.15, 0.2) is 18.2 Å². The molecule has 0 unspecified atom stereocenters. The first kappa shape index (κ1) is 14.7. The molecule has 0 atom stereocenters. The summed E-state index contributed by atoms with van der Waals surface area (Å²) in [5.41, 5.74) is 0.659. The predicted octanol–water partition coefficient (Wildman–Crippen LogP) is 2.17. The second-order valence-electron chi connectivity index (χ2n) is 4.98. The monoisotopic (exact) mass is 278 g/mol. The van der Waals surface area contributed by atoms with E-state index in [0.29, 0.717) is 29.8 Å². The van der Waals surface area contributed by atoms with Crippen molar-refractivity contribution in [2.75, 3.05) is 26.1 Å². The summed E-state index contributed by atoms with van der Waals surface area (Å²) in [7, 11) is 3.17. The molecule has 0 saturated heterocycles. The molecular weight excluding hydrogens is 256 g/mol. The Morgan fingerprint density at radius 1 is 1.25 bits per heavy atom. The zero-order valence-corrected chi connectivity index (χ0v) is 12.1. The molecule has 1 aromatic carbocycles. The van der Waals surface area contributed by atoms with E-state index in [2.05, 4.69) is 10.6 Å². The van der Waals surface area contributed by atoms with Gasteiger partial charge in [0, 0.05) is 12.1 Å². The minimum absolute atomic E-state index is 0.0552. The third-order valence-corrected chi connectivity index (χ3v) is 3.59. The van der Waals surface area contributed by atoms with Gasteiger partial charge in [-0.1, -0.05) is 12.8 Å². The average Bonchev–Trinajstić information content (AvgIpc) is 2.99. The fourth-order valence-corrected chi connectivity index (χ4v) is 2.46. The number of carbonyl (C=O) groups excluding carboxylic acids is 1. The van der Waals surface area contributed by atoms with Gasteiger partial charge in [0.15, 0.2) is 0 Å². The summed E-state index contributed by atoms with van der Waals surface area (Å²) in [6.07, 6.45) is 4.84. The normalized spacial score (nSPS) is 15.1. The molecular formula is C15H22N2O3. The van der Waals surface area contributed by atoms with Crippen LogP contribution in [-0.4, -0.2) is 32.7 Å². The lowest BCUT2D eigenvalue weighted by atomic mass is 10.2. The van der Waals surface area contributed by atoms with Crippen LogP contribution in [0.25, 0.3) is 0 Å². The first-order valence-electron chi connectivity index (χ1n) is 6.98. The van der Waals surface area contributed by atoms with Crippen LogP contribution in [0.2, 0.25) is 0 Å². The molecule has 1 fully saturated rings. The number of ether oxygens (including phenoxy) is 2. The van der Waals surface area contributed by atoms with Crippen LogP contribution >= 0.6 is 0 Å². The SMILES string of the molecule is COc1ccc(NC(=O)CNC2CCCC2)c(OC)c1. The van der Waals surface area contributed by atoms with Crippen molar-refractivity contribution >= 4 is 11.6 Å². The highest BCUT2D eigenvalue weighted by Crippen LogP contribution is 2.28. The minimum atomic E-state index is -0.0552. The number of rotatable bonds is 6. The van der Waals surface area contributed by atoms with Gasteiger partial charge in [-0.15, -0.1) is 0 Å². The van der Waals surface area contributed by atoms with Crippen LogP contribution < -0.4 is 20.1 Å². The Morgan fingerprint density at radius 3 is 2.65 bits per heavy atom. The van der Waals surface area contributed by atoms with Gasteiger partial charge >= 0.3 is 0 Å². The number of anilines is 1. The molecule has 2 rings (SSSR count). The molecule has 2 N–H and O–H groups in total. The van der Waals surface area contributed by atoms with Gasteiger partial charge in [0.2, 0.25) is 5.91 Å². The molecule has 1 aromatic rings. The van der Waals surface area contributed by atoms with Crippen molar-refractivity contribution in [3.05, 3.63) is 18.2 Å². The van der Waals surface area contributed by atoms with Gasteiger partial charge in [-0.05, 0) is 25.0 Å². The number of hydrogen-bond acceptors (Lipinski definition) is 4. The predicted molar refractivity (Wildman–Crippen MR) is 78.4 cm³/mol. The average molecular weight is 278 g/mol. The molecule has 0 radical (unpaired) electrons. The highest BCUT2D eigenvalue weighted by molar-refractivity contribution is 5.93. The van der Waals surface area contributed by atoms with Gasteiger partial charge in [0.05, 0.1) is 26.5 Å². The van der Waals surface area contributed by atoms with Gasteiger partial charge in [0.25, 0.3) is 0 Å². The maximum atomic E-state index is 11.9. The number of benzene rings is 1. The molecule has 5 nitrogen and oxygen atoms in total. The summed E-state index contributed by atoms with van der Waals surface area (Å²) in [5.74, 6) is 1.24. The lowest BCUT2D eigenvalue weighted by Crippen LogP contribution is -2.34. The van der Waals surface area contributed by atoms with Crippen LogP contribution in [0.1, 0.15) is 25.7 Å². The van der Waals surface area contributed by atoms with E-state index in [1.54, 1.807) is 32.4 Å². The lowest BCUT2D eigenvalue weighted by molar-refractivity contribution is -0.115. The van der Waals surface area contributed by atoms with Crippen molar-refractivity contribution in [3.63, 3.8) is 0 Å². The maximum absolute atomic E-state index is 11.9. The first-order chi connectivity index (χ1) is 9.72. The third-order valence-electron chi connectivity index (χ3n) is 3.59. The molecule has 0 aromatic heterocycles. The lowest BCUT2D eigenvalue weighted by Gasteiger charge is -2.14. The van der Waals surface area contributed by atoms with Crippen molar-refractivity contribution in [2.24, 2.45) is 0 Å². The number of carbonyl (C=O) groups is 1. The van der Waals surface area contributed by atoms with Gasteiger partial charge < -0.3 is 20.1 Å². The van der Waals surface area contributed by atoms with Crippen LogP contribution in [-0.2, 0) is 4.79 Å². The van der Waals surface area contributed by atoms with Gasteiger partial charge in [0.1, 0.15) is 11.5 Å². The Labute approximate surface area is 119 Å². The molecule has 0 bridgehead atoms. The van der Waals surface area contributed by atoms with Crippen molar-refractivity contribution < 1.29 is 14.3 Å². The van der Waals surface area contributed by atoms with Crippen LogP contribution in [0.3, 0.4) is 0 Å². The number of methoxy groups -OCH3 is 2. The van der Waals surface area contributed by atoms with Crippen molar-refractivity contribution in [1.29, 1.82) is 0 Å². The van der Waals surface area contributed by atoms with Crippen LogP contribution in [0.4, 0.5) is 5.69 Å². The summed E-state index contributed by atoms with van der Waals surface area (Å²) in [5, 5.41) is 6.14. The minimum Gasteiger partial charge on any atom is -0.497 e. The topological polar surface area (TPSA) is 59.6 Å². The second-order valence-corrected chi connectivity index (χ2v) is 4.98. The molecule has 110 valence electrons. The quantitative estimate of drug-likeness (QED) is 0.837. The summed E-state index contributed by atoms with van der Waals surface area (Å²) in [4.78, 5) is 11.9. The van der Waals surface area contributed by atoms with E-state index in [1.807, 2.05) is 0 Å². The largest absolute Gasteiger partial charge is 0.497 e. The molecule has 1 aliphatic carbocycles. The first-order valence-corrected chi connectivity index (χ1v) is 6.98. The molecule has 0 heterocycles. The Morgan fingerprint density at radius 2 is 2.00 bits per heavy atom. The summed E-state index contributed by atoms with van der Waals surface area (Å²) in [6, 6.07) is 5.81. The van der Waals surface area contributed by atoms with E-state index in [1.165, 1.54) is 25.7 Å². The van der Waals surface area contributed by atoms with E-state index in [0.717, 1.165) is 0 Å². The van der Waals surface area contributed by atoms with Gasteiger partial charge in [-0.3, -0.25) is 4.79 Å². The maximum Gasteiger partial charge on any atom is 0.238 e. The summed E-state index contributed by atoms with van der Waals surface area (Å²) >= 11 is 0. The van der Waals surface area contributed by atoms with E-state index in [-0.39, 0.29) is 5.91 Å². The highest BCUT2D eigenvalue weighted by Gasteiger charge is 2.16. The van der Waals surface area contributed by atoms with Crippen molar-refractivity contribution in [3.8, 4) is 11.5 Å². The Balaban J connectivity index is 1.89.